The van der Waals surface area contributed by atoms with Gasteiger partial charge in [0, 0.05) is 17.6 Å². The van der Waals surface area contributed by atoms with Crippen LogP contribution in [-0.4, -0.2) is 35.0 Å². The smallest absolute Gasteiger partial charge is 0.311 e. The van der Waals surface area contributed by atoms with Crippen LogP contribution in [0.5, 0.6) is 0 Å². The normalized spacial score (nSPS) is 22.1. The first kappa shape index (κ1) is 16.0. The summed E-state index contributed by atoms with van der Waals surface area (Å²) in [5, 5.41) is 9.31. The minimum Gasteiger partial charge on any atom is -0.481 e. The van der Waals surface area contributed by atoms with Gasteiger partial charge >= 0.3 is 5.97 Å². The third-order valence-corrected chi connectivity index (χ3v) is 5.01. The molecular formula is C16H20BrNO3. The second kappa shape index (κ2) is 6.18. The van der Waals surface area contributed by atoms with Crippen LogP contribution in [0.1, 0.15) is 30.9 Å². The number of rotatable bonds is 3. The molecule has 1 unspecified atom stereocenters. The third-order valence-electron chi connectivity index (χ3n) is 4.16. The lowest BCUT2D eigenvalue weighted by Gasteiger charge is -2.37. The monoisotopic (exact) mass is 353 g/mol. The molecule has 5 heteroatoms. The number of carboxylic acids is 1. The fourth-order valence-electron chi connectivity index (χ4n) is 2.66. The number of hydrogen-bond acceptors (Lipinski definition) is 2. The molecule has 0 aliphatic carbocycles. The molecule has 2 rings (SSSR count). The maximum atomic E-state index is 12.4. The third kappa shape index (κ3) is 3.64. The molecule has 1 amide bonds. The van der Waals surface area contributed by atoms with Crippen molar-refractivity contribution in [2.45, 2.75) is 33.1 Å². The molecule has 4 nitrogen and oxygen atoms in total. The van der Waals surface area contributed by atoms with Crippen LogP contribution in [-0.2, 0) is 16.0 Å². The van der Waals surface area contributed by atoms with Gasteiger partial charge in [-0.1, -0.05) is 28.1 Å². The molecule has 0 bridgehead atoms. The van der Waals surface area contributed by atoms with E-state index in [0.29, 0.717) is 25.9 Å². The van der Waals surface area contributed by atoms with Gasteiger partial charge in [0.1, 0.15) is 0 Å². The number of aliphatic carboxylic acids is 1. The number of aryl methyl sites for hydroxylation is 1. The summed E-state index contributed by atoms with van der Waals surface area (Å²) in [6, 6.07) is 5.87. The number of carbonyl (C=O) groups excluding carboxylic acids is 1. The van der Waals surface area contributed by atoms with Crippen molar-refractivity contribution < 1.29 is 14.7 Å². The predicted octanol–water partition coefficient (Wildman–Crippen LogP) is 3.01. The first-order chi connectivity index (χ1) is 9.82. The van der Waals surface area contributed by atoms with Crippen molar-refractivity contribution >= 4 is 27.8 Å². The average Bonchev–Trinajstić information content (AvgIpc) is 2.43. The van der Waals surface area contributed by atoms with E-state index in [2.05, 4.69) is 15.9 Å². The van der Waals surface area contributed by atoms with Gasteiger partial charge in [-0.15, -0.1) is 0 Å². The van der Waals surface area contributed by atoms with Crippen molar-refractivity contribution in [2.75, 3.05) is 13.1 Å². The lowest BCUT2D eigenvalue weighted by atomic mass is 9.82. The number of nitrogens with zero attached hydrogens (tertiary/aromatic N) is 1. The zero-order chi connectivity index (χ0) is 15.6. The maximum Gasteiger partial charge on any atom is 0.311 e. The molecule has 1 aliphatic heterocycles. The van der Waals surface area contributed by atoms with Crippen LogP contribution in [0, 0.1) is 12.3 Å². The summed E-state index contributed by atoms with van der Waals surface area (Å²) in [5.74, 6) is -0.823. The molecule has 1 saturated heterocycles. The summed E-state index contributed by atoms with van der Waals surface area (Å²) in [5.41, 5.74) is 1.25. The van der Waals surface area contributed by atoms with E-state index >= 15 is 0 Å². The van der Waals surface area contributed by atoms with E-state index in [9.17, 15) is 14.7 Å². The first-order valence-electron chi connectivity index (χ1n) is 7.08. The lowest BCUT2D eigenvalue weighted by Crippen LogP contribution is -2.48. The molecule has 1 aromatic rings. The largest absolute Gasteiger partial charge is 0.481 e. The zero-order valence-corrected chi connectivity index (χ0v) is 13.9. The van der Waals surface area contributed by atoms with Gasteiger partial charge in [-0.25, -0.2) is 0 Å². The van der Waals surface area contributed by atoms with Gasteiger partial charge < -0.3 is 10.0 Å². The second-order valence-corrected chi connectivity index (χ2v) is 6.90. The Morgan fingerprint density at radius 1 is 1.43 bits per heavy atom. The molecular weight excluding hydrogens is 334 g/mol. The number of amides is 1. The Morgan fingerprint density at radius 2 is 2.14 bits per heavy atom. The number of carbonyl (C=O) groups is 2. The van der Waals surface area contributed by atoms with Gasteiger partial charge in [0.05, 0.1) is 11.8 Å². The molecule has 1 heterocycles. The molecule has 1 fully saturated rings. The Kier molecular flexibility index (Phi) is 4.71. The number of halogens is 1. The van der Waals surface area contributed by atoms with Crippen molar-refractivity contribution in [3.8, 4) is 0 Å². The van der Waals surface area contributed by atoms with Crippen molar-refractivity contribution in [1.29, 1.82) is 0 Å². The maximum absolute atomic E-state index is 12.4. The Labute approximate surface area is 133 Å². The predicted molar refractivity (Wildman–Crippen MR) is 84.1 cm³/mol. The SMILES string of the molecule is Cc1ccc(CC(=O)N2CCCC(C)(C(=O)O)C2)cc1Br. The van der Waals surface area contributed by atoms with Gasteiger partial charge in [-0.3, -0.25) is 9.59 Å². The molecule has 0 radical (unpaired) electrons. The number of carboxylic acid groups (broad SMARTS) is 1. The zero-order valence-electron chi connectivity index (χ0n) is 12.4. The highest BCUT2D eigenvalue weighted by atomic mass is 79.9. The number of hydrogen-bond donors (Lipinski definition) is 1. The van der Waals surface area contributed by atoms with Gasteiger partial charge in [0.15, 0.2) is 0 Å². The van der Waals surface area contributed by atoms with Crippen molar-refractivity contribution in [3.05, 3.63) is 33.8 Å². The van der Waals surface area contributed by atoms with Gasteiger partial charge in [-0.05, 0) is 43.9 Å². The van der Waals surface area contributed by atoms with Crippen LogP contribution in [0.25, 0.3) is 0 Å². The van der Waals surface area contributed by atoms with E-state index in [1.807, 2.05) is 25.1 Å². The van der Waals surface area contributed by atoms with E-state index < -0.39 is 11.4 Å². The van der Waals surface area contributed by atoms with Gasteiger partial charge in [-0.2, -0.15) is 0 Å². The molecule has 114 valence electrons. The van der Waals surface area contributed by atoms with Crippen molar-refractivity contribution in [2.24, 2.45) is 5.41 Å². The molecule has 0 spiro atoms. The molecule has 1 aromatic carbocycles. The highest BCUT2D eigenvalue weighted by molar-refractivity contribution is 9.10. The van der Waals surface area contributed by atoms with Crippen molar-refractivity contribution in [1.82, 2.24) is 4.90 Å². The highest BCUT2D eigenvalue weighted by Gasteiger charge is 2.39. The average molecular weight is 354 g/mol. The summed E-state index contributed by atoms with van der Waals surface area (Å²) in [7, 11) is 0. The fourth-order valence-corrected chi connectivity index (χ4v) is 3.09. The number of likely N-dealkylation sites (tertiary alicyclic amines) is 1. The second-order valence-electron chi connectivity index (χ2n) is 6.04. The minimum absolute atomic E-state index is 0.00192. The van der Waals surface area contributed by atoms with Crippen LogP contribution < -0.4 is 0 Å². The summed E-state index contributed by atoms with van der Waals surface area (Å²) in [4.78, 5) is 25.4. The topological polar surface area (TPSA) is 57.6 Å². The standard InChI is InChI=1S/C16H20BrNO3/c1-11-4-5-12(8-13(11)17)9-14(19)18-7-3-6-16(2,10-18)15(20)21/h4-5,8H,3,6-7,9-10H2,1-2H3,(H,20,21). The Balaban J connectivity index is 2.06. The minimum atomic E-state index is -0.821. The molecule has 0 saturated carbocycles. The Bertz CT molecular complexity index is 573. The highest BCUT2D eigenvalue weighted by Crippen LogP contribution is 2.30. The first-order valence-corrected chi connectivity index (χ1v) is 7.87. The lowest BCUT2D eigenvalue weighted by molar-refractivity contribution is -0.153. The van der Waals surface area contributed by atoms with Crippen LogP contribution >= 0.6 is 15.9 Å². The number of benzene rings is 1. The van der Waals surface area contributed by atoms with Crippen molar-refractivity contribution in [3.63, 3.8) is 0 Å². The van der Waals surface area contributed by atoms with E-state index in [0.717, 1.165) is 22.0 Å². The molecule has 0 aromatic heterocycles. The Hall–Kier alpha value is -1.36. The van der Waals surface area contributed by atoms with Crippen LogP contribution in [0.3, 0.4) is 0 Å². The summed E-state index contributed by atoms with van der Waals surface area (Å²) >= 11 is 3.47. The fraction of sp³-hybridized carbons (Fsp3) is 0.500. The summed E-state index contributed by atoms with van der Waals surface area (Å²) in [6.07, 6.45) is 1.68. The molecule has 1 atom stereocenters. The molecule has 1 aliphatic rings. The summed E-state index contributed by atoms with van der Waals surface area (Å²) < 4.78 is 0.988. The van der Waals surface area contributed by atoms with E-state index in [1.54, 1.807) is 11.8 Å². The van der Waals surface area contributed by atoms with E-state index in [-0.39, 0.29) is 5.91 Å². The van der Waals surface area contributed by atoms with Crippen LogP contribution in [0.4, 0.5) is 0 Å². The van der Waals surface area contributed by atoms with Gasteiger partial charge in [0.25, 0.3) is 0 Å². The Morgan fingerprint density at radius 3 is 2.76 bits per heavy atom. The van der Waals surface area contributed by atoms with Gasteiger partial charge in [0.2, 0.25) is 5.91 Å². The summed E-state index contributed by atoms with van der Waals surface area (Å²) in [6.45, 7) is 4.67. The molecule has 1 N–H and O–H groups in total. The quantitative estimate of drug-likeness (QED) is 0.908. The van der Waals surface area contributed by atoms with Crippen LogP contribution in [0.2, 0.25) is 0 Å². The molecule has 21 heavy (non-hydrogen) atoms. The van der Waals surface area contributed by atoms with E-state index in [1.165, 1.54) is 0 Å². The number of piperidine rings is 1. The van der Waals surface area contributed by atoms with Crippen LogP contribution in [0.15, 0.2) is 22.7 Å². The van der Waals surface area contributed by atoms with E-state index in [4.69, 9.17) is 0 Å².